The first kappa shape index (κ1) is 18.6. The predicted molar refractivity (Wildman–Crippen MR) is 80.2 cm³/mol. The van der Waals surface area contributed by atoms with Crippen LogP contribution < -0.4 is 5.32 Å². The molecule has 0 aliphatic carbocycles. The molecule has 0 bridgehead atoms. The lowest BCUT2D eigenvalue weighted by Crippen LogP contribution is -2.41. The Morgan fingerprint density at radius 2 is 2.04 bits per heavy atom. The largest absolute Gasteiger partial charge is 0.480 e. The Hall–Kier alpha value is -1.78. The molecule has 1 fully saturated rings. The van der Waals surface area contributed by atoms with Crippen molar-refractivity contribution in [3.05, 3.63) is 22.7 Å². The van der Waals surface area contributed by atoms with E-state index >= 15 is 0 Å². The van der Waals surface area contributed by atoms with E-state index in [1.165, 1.54) is 0 Å². The standard InChI is InChI=1S/C13H13ClF2N2O5S/c1-6(19)17-8-5-7(15)12(11(16)10(8)14)24(22,23)18-4-2-3-9(18)13(20)21/h5,9H,2-4H2,1H3,(H,17,19)(H,20,21)/t9-/m0/s1. The fourth-order valence-electron chi connectivity index (χ4n) is 2.49. The van der Waals surface area contributed by atoms with Crippen LogP contribution in [0.4, 0.5) is 14.5 Å². The number of benzene rings is 1. The average Bonchev–Trinajstić information content (AvgIpc) is 2.94. The number of hydrogen-bond donors (Lipinski definition) is 2. The van der Waals surface area contributed by atoms with Crippen LogP contribution in [-0.2, 0) is 19.6 Å². The number of aliphatic carboxylic acids is 1. The summed E-state index contributed by atoms with van der Waals surface area (Å²) in [6, 6.07) is -0.825. The predicted octanol–water partition coefficient (Wildman–Crippen LogP) is 1.81. The molecule has 0 spiro atoms. The highest BCUT2D eigenvalue weighted by atomic mass is 35.5. The molecule has 2 rings (SSSR count). The van der Waals surface area contributed by atoms with Crippen LogP contribution in [0, 0.1) is 11.6 Å². The van der Waals surface area contributed by atoms with Gasteiger partial charge in [0.15, 0.2) is 10.7 Å². The fraction of sp³-hybridized carbons (Fsp3) is 0.385. The van der Waals surface area contributed by atoms with E-state index in [0.717, 1.165) is 6.92 Å². The first-order valence-electron chi connectivity index (χ1n) is 6.77. The highest BCUT2D eigenvalue weighted by molar-refractivity contribution is 7.89. The van der Waals surface area contributed by atoms with Gasteiger partial charge in [0, 0.05) is 19.5 Å². The van der Waals surface area contributed by atoms with Gasteiger partial charge in [-0.2, -0.15) is 4.31 Å². The van der Waals surface area contributed by atoms with Crippen molar-refractivity contribution >= 4 is 39.2 Å². The van der Waals surface area contributed by atoms with Crippen LogP contribution in [-0.4, -0.2) is 42.3 Å². The zero-order valence-corrected chi connectivity index (χ0v) is 13.9. The van der Waals surface area contributed by atoms with E-state index in [-0.39, 0.29) is 19.4 Å². The maximum Gasteiger partial charge on any atom is 0.322 e. The van der Waals surface area contributed by atoms with Gasteiger partial charge in [-0.05, 0) is 12.8 Å². The number of rotatable bonds is 4. The molecule has 2 N–H and O–H groups in total. The quantitative estimate of drug-likeness (QED) is 0.773. The Morgan fingerprint density at radius 1 is 1.42 bits per heavy atom. The SMILES string of the molecule is CC(=O)Nc1cc(F)c(S(=O)(=O)N2CCC[C@H]2C(=O)O)c(F)c1Cl. The van der Waals surface area contributed by atoms with Gasteiger partial charge in [-0.15, -0.1) is 0 Å². The number of carboxylic acid groups (broad SMARTS) is 1. The summed E-state index contributed by atoms with van der Waals surface area (Å²) in [7, 11) is -4.76. The Balaban J connectivity index is 2.57. The Morgan fingerprint density at radius 3 is 2.58 bits per heavy atom. The summed E-state index contributed by atoms with van der Waals surface area (Å²) in [5.41, 5.74) is -0.422. The zero-order chi connectivity index (χ0) is 18.2. The molecule has 7 nitrogen and oxygen atoms in total. The number of halogens is 3. The number of amides is 1. The van der Waals surface area contributed by atoms with Crippen LogP contribution in [0.2, 0.25) is 5.02 Å². The number of sulfonamides is 1. The van der Waals surface area contributed by atoms with Gasteiger partial charge in [0.05, 0.1) is 5.69 Å². The third kappa shape index (κ3) is 3.21. The van der Waals surface area contributed by atoms with E-state index in [2.05, 4.69) is 5.32 Å². The third-order valence-electron chi connectivity index (χ3n) is 3.48. The van der Waals surface area contributed by atoms with Crippen molar-refractivity contribution in [3.8, 4) is 0 Å². The van der Waals surface area contributed by atoms with Crippen molar-refractivity contribution in [3.63, 3.8) is 0 Å². The molecule has 0 radical (unpaired) electrons. The first-order chi connectivity index (χ1) is 11.1. The van der Waals surface area contributed by atoms with E-state index in [9.17, 15) is 26.8 Å². The highest BCUT2D eigenvalue weighted by Crippen LogP contribution is 2.35. The molecular formula is C13H13ClF2N2O5S. The minimum atomic E-state index is -4.76. The van der Waals surface area contributed by atoms with Crippen LogP contribution in [0.5, 0.6) is 0 Å². The van der Waals surface area contributed by atoms with Crippen LogP contribution in [0.1, 0.15) is 19.8 Å². The van der Waals surface area contributed by atoms with Gasteiger partial charge in [-0.25, -0.2) is 17.2 Å². The van der Waals surface area contributed by atoms with E-state index in [1.807, 2.05) is 0 Å². The molecule has 11 heteroatoms. The van der Waals surface area contributed by atoms with E-state index in [1.54, 1.807) is 0 Å². The zero-order valence-electron chi connectivity index (χ0n) is 12.3. The molecule has 1 heterocycles. The van der Waals surface area contributed by atoms with Crippen molar-refractivity contribution in [1.82, 2.24) is 4.31 Å². The third-order valence-corrected chi connectivity index (χ3v) is 5.80. The van der Waals surface area contributed by atoms with Crippen LogP contribution in [0.3, 0.4) is 0 Å². The minimum Gasteiger partial charge on any atom is -0.480 e. The Labute approximate surface area is 141 Å². The summed E-state index contributed by atoms with van der Waals surface area (Å²) in [5, 5.41) is 10.4. The molecule has 24 heavy (non-hydrogen) atoms. The Kier molecular flexibility index (Phi) is 5.11. The van der Waals surface area contributed by atoms with Crippen molar-refractivity contribution < 1.29 is 31.9 Å². The summed E-state index contributed by atoms with van der Waals surface area (Å²) in [4.78, 5) is 20.8. The number of carbonyl (C=O) groups excluding carboxylic acids is 1. The second-order valence-corrected chi connectivity index (χ2v) is 7.36. The topological polar surface area (TPSA) is 104 Å². The van der Waals surface area contributed by atoms with Crippen molar-refractivity contribution in [2.45, 2.75) is 30.7 Å². The highest BCUT2D eigenvalue weighted by Gasteiger charge is 2.42. The lowest BCUT2D eigenvalue weighted by Gasteiger charge is -2.22. The van der Waals surface area contributed by atoms with Gasteiger partial charge in [-0.1, -0.05) is 11.6 Å². The number of nitrogens with one attached hydrogen (secondary N) is 1. The van der Waals surface area contributed by atoms with E-state index in [0.29, 0.717) is 10.4 Å². The summed E-state index contributed by atoms with van der Waals surface area (Å²) >= 11 is 5.67. The van der Waals surface area contributed by atoms with Crippen molar-refractivity contribution in [2.24, 2.45) is 0 Å². The summed E-state index contributed by atoms with van der Waals surface area (Å²) in [6.45, 7) is 0.904. The summed E-state index contributed by atoms with van der Waals surface area (Å²) in [6.07, 6.45) is 0.284. The van der Waals surface area contributed by atoms with Gasteiger partial charge < -0.3 is 10.4 Å². The normalized spacial score (nSPS) is 18.6. The van der Waals surface area contributed by atoms with Crippen LogP contribution in [0.15, 0.2) is 11.0 Å². The number of hydrogen-bond acceptors (Lipinski definition) is 4. The molecule has 0 unspecified atom stereocenters. The van der Waals surface area contributed by atoms with Gasteiger partial charge in [-0.3, -0.25) is 9.59 Å². The summed E-state index contributed by atoms with van der Waals surface area (Å²) in [5.74, 6) is -5.12. The maximum absolute atomic E-state index is 14.4. The molecule has 1 aromatic rings. The number of nitrogens with zero attached hydrogens (tertiary/aromatic N) is 1. The lowest BCUT2D eigenvalue weighted by molar-refractivity contribution is -0.140. The van der Waals surface area contributed by atoms with Gasteiger partial charge in [0.1, 0.15) is 16.9 Å². The van der Waals surface area contributed by atoms with Gasteiger partial charge in [0.25, 0.3) is 0 Å². The monoisotopic (exact) mass is 382 g/mol. The smallest absolute Gasteiger partial charge is 0.322 e. The number of anilines is 1. The molecule has 1 aliphatic heterocycles. The van der Waals surface area contributed by atoms with Gasteiger partial charge in [0.2, 0.25) is 15.9 Å². The van der Waals surface area contributed by atoms with E-state index < -0.39 is 55.2 Å². The first-order valence-corrected chi connectivity index (χ1v) is 8.59. The Bertz CT molecular complexity index is 815. The van der Waals surface area contributed by atoms with Crippen molar-refractivity contribution in [1.29, 1.82) is 0 Å². The van der Waals surface area contributed by atoms with Gasteiger partial charge >= 0.3 is 5.97 Å². The molecule has 1 aliphatic rings. The fourth-order valence-corrected chi connectivity index (χ4v) is 4.51. The molecule has 1 amide bonds. The average molecular weight is 383 g/mol. The molecular weight excluding hydrogens is 370 g/mol. The second-order valence-electron chi connectivity index (χ2n) is 5.16. The molecule has 0 aromatic heterocycles. The lowest BCUT2D eigenvalue weighted by atomic mass is 10.2. The van der Waals surface area contributed by atoms with Crippen LogP contribution in [0.25, 0.3) is 0 Å². The van der Waals surface area contributed by atoms with E-state index in [4.69, 9.17) is 16.7 Å². The van der Waals surface area contributed by atoms with Crippen LogP contribution >= 0.6 is 11.6 Å². The minimum absolute atomic E-state index is 0.0372. The molecule has 0 saturated carbocycles. The molecule has 132 valence electrons. The number of carbonyl (C=O) groups is 2. The van der Waals surface area contributed by atoms with Crippen molar-refractivity contribution in [2.75, 3.05) is 11.9 Å². The molecule has 1 atom stereocenters. The molecule has 1 aromatic carbocycles. The maximum atomic E-state index is 14.4. The summed E-state index contributed by atoms with van der Waals surface area (Å²) < 4.78 is 54.1. The molecule has 1 saturated heterocycles. The second kappa shape index (κ2) is 6.61. The number of carboxylic acids is 1.